The van der Waals surface area contributed by atoms with Gasteiger partial charge in [-0.05, 0) is 38.1 Å². The second-order valence-corrected chi connectivity index (χ2v) is 6.60. The first-order valence-corrected chi connectivity index (χ1v) is 7.70. The van der Waals surface area contributed by atoms with E-state index in [1.165, 1.54) is 17.0 Å². The van der Waals surface area contributed by atoms with E-state index in [9.17, 15) is 8.78 Å². The molecule has 0 aliphatic rings. The molecule has 0 saturated carbocycles. The first kappa shape index (κ1) is 16.3. The highest BCUT2D eigenvalue weighted by molar-refractivity contribution is 7.12. The van der Waals surface area contributed by atoms with Crippen LogP contribution in [0.1, 0.15) is 22.7 Å². The highest BCUT2D eigenvalue weighted by atomic mass is 35.5. The molecule has 1 atom stereocenters. The Bertz CT molecular complexity index is 610. The Kier molecular flexibility index (Phi) is 5.30. The van der Waals surface area contributed by atoms with Crippen molar-refractivity contribution < 1.29 is 13.5 Å². The summed E-state index contributed by atoms with van der Waals surface area (Å²) in [4.78, 5) is 2.38. The summed E-state index contributed by atoms with van der Waals surface area (Å²) >= 11 is 13.5. The highest BCUT2D eigenvalue weighted by Crippen LogP contribution is 2.38. The molecule has 2 aromatic rings. The number of ether oxygens (including phenoxy) is 1. The number of aryl methyl sites for hydroxylation is 1. The van der Waals surface area contributed by atoms with Crippen LogP contribution in [0.3, 0.4) is 0 Å². The van der Waals surface area contributed by atoms with Gasteiger partial charge in [-0.3, -0.25) is 0 Å². The fourth-order valence-electron chi connectivity index (χ4n) is 1.85. The molecule has 0 spiro atoms. The maximum absolute atomic E-state index is 12.3. The summed E-state index contributed by atoms with van der Waals surface area (Å²) in [5, 5.41) is 3.32. The Labute approximate surface area is 135 Å². The summed E-state index contributed by atoms with van der Waals surface area (Å²) in [6.45, 7) is 1.06. The summed E-state index contributed by atoms with van der Waals surface area (Å²) in [6.07, 6.45) is 0. The molecule has 2 nitrogen and oxygen atoms in total. The zero-order chi connectivity index (χ0) is 15.6. The van der Waals surface area contributed by atoms with Crippen molar-refractivity contribution in [2.24, 2.45) is 0 Å². The van der Waals surface area contributed by atoms with Crippen molar-refractivity contribution in [3.63, 3.8) is 0 Å². The normalized spacial score (nSPS) is 12.5. The number of hydrogen-bond donors (Lipinski definition) is 1. The summed E-state index contributed by atoms with van der Waals surface area (Å²) in [7, 11) is 0. The van der Waals surface area contributed by atoms with Gasteiger partial charge in [-0.25, -0.2) is 0 Å². The second-order valence-electron chi connectivity index (χ2n) is 4.46. The molecular formula is C14H13Cl2F2NOS. The van der Waals surface area contributed by atoms with Gasteiger partial charge in [0.2, 0.25) is 0 Å². The predicted octanol–water partition coefficient (Wildman–Crippen LogP) is 6.14. The summed E-state index contributed by atoms with van der Waals surface area (Å²) < 4.78 is 28.8. The number of nitrogens with one attached hydrogen (secondary N) is 1. The van der Waals surface area contributed by atoms with Crippen LogP contribution in [0.2, 0.25) is 10.0 Å². The highest BCUT2D eigenvalue weighted by Gasteiger charge is 2.15. The van der Waals surface area contributed by atoms with Gasteiger partial charge in [0.15, 0.2) is 5.75 Å². The van der Waals surface area contributed by atoms with Crippen molar-refractivity contribution in [3.05, 3.63) is 44.1 Å². The Balaban J connectivity index is 2.18. The monoisotopic (exact) mass is 351 g/mol. The quantitative estimate of drug-likeness (QED) is 0.698. The molecule has 0 radical (unpaired) electrons. The van der Waals surface area contributed by atoms with Crippen LogP contribution in [-0.2, 0) is 0 Å². The molecule has 1 heterocycles. The average molecular weight is 352 g/mol. The number of benzene rings is 1. The lowest BCUT2D eigenvalue weighted by atomic mass is 10.2. The van der Waals surface area contributed by atoms with Gasteiger partial charge in [0.25, 0.3) is 0 Å². The van der Waals surface area contributed by atoms with Gasteiger partial charge in [0.05, 0.1) is 16.1 Å². The molecule has 2 rings (SSSR count). The topological polar surface area (TPSA) is 21.3 Å². The average Bonchev–Trinajstić information content (AvgIpc) is 2.80. The first-order valence-electron chi connectivity index (χ1n) is 6.13. The number of thiophene rings is 1. The minimum absolute atomic E-state index is 0.0415. The van der Waals surface area contributed by atoms with E-state index in [2.05, 4.69) is 10.1 Å². The van der Waals surface area contributed by atoms with Crippen LogP contribution in [0.4, 0.5) is 14.5 Å². The van der Waals surface area contributed by atoms with Gasteiger partial charge in [-0.1, -0.05) is 23.2 Å². The maximum Gasteiger partial charge on any atom is 0.387 e. The van der Waals surface area contributed by atoms with Gasteiger partial charge in [0, 0.05) is 15.4 Å². The van der Waals surface area contributed by atoms with Crippen molar-refractivity contribution >= 4 is 40.2 Å². The lowest BCUT2D eigenvalue weighted by Gasteiger charge is -2.16. The summed E-state index contributed by atoms with van der Waals surface area (Å²) in [6, 6.07) is 7.16. The van der Waals surface area contributed by atoms with Gasteiger partial charge in [-0.15, -0.1) is 11.3 Å². The third kappa shape index (κ3) is 4.22. The Morgan fingerprint density at radius 2 is 1.81 bits per heavy atom. The number of anilines is 1. The molecule has 0 amide bonds. The second kappa shape index (κ2) is 6.81. The third-order valence-corrected chi connectivity index (χ3v) is 4.52. The fraction of sp³-hybridized carbons (Fsp3) is 0.286. The molecule has 7 heteroatoms. The lowest BCUT2D eigenvalue weighted by molar-refractivity contribution is -0.0497. The number of hydrogen-bond acceptors (Lipinski definition) is 3. The minimum atomic E-state index is -2.97. The summed E-state index contributed by atoms with van der Waals surface area (Å²) in [5.74, 6) is -0.210. The smallest absolute Gasteiger partial charge is 0.387 e. The van der Waals surface area contributed by atoms with Crippen LogP contribution >= 0.6 is 34.5 Å². The fourth-order valence-corrected chi connectivity index (χ4v) is 3.31. The molecular weight excluding hydrogens is 339 g/mol. The van der Waals surface area contributed by atoms with E-state index in [4.69, 9.17) is 23.2 Å². The first-order chi connectivity index (χ1) is 9.86. The molecule has 114 valence electrons. The Morgan fingerprint density at radius 3 is 2.29 bits per heavy atom. The molecule has 1 aromatic carbocycles. The molecule has 1 aromatic heterocycles. The molecule has 0 fully saturated rings. The van der Waals surface area contributed by atoms with Crippen molar-refractivity contribution in [2.45, 2.75) is 26.5 Å². The largest absolute Gasteiger partial charge is 0.432 e. The van der Waals surface area contributed by atoms with Gasteiger partial charge >= 0.3 is 6.61 Å². The molecule has 1 unspecified atom stereocenters. The van der Waals surface area contributed by atoms with Crippen molar-refractivity contribution in [3.8, 4) is 5.75 Å². The van der Waals surface area contributed by atoms with Crippen LogP contribution in [0.25, 0.3) is 0 Å². The number of rotatable bonds is 5. The van der Waals surface area contributed by atoms with Gasteiger partial charge in [-0.2, -0.15) is 8.78 Å². The molecule has 0 aliphatic carbocycles. The summed E-state index contributed by atoms with van der Waals surface area (Å²) in [5.41, 5.74) is 0.644. The molecule has 21 heavy (non-hydrogen) atoms. The SMILES string of the molecule is Cc1ccc(C(C)Nc2cc(Cl)c(OC(F)F)c(Cl)c2)s1. The van der Waals surface area contributed by atoms with E-state index in [1.807, 2.05) is 26.0 Å². The van der Waals surface area contributed by atoms with Crippen LogP contribution in [-0.4, -0.2) is 6.61 Å². The number of alkyl halides is 2. The van der Waals surface area contributed by atoms with Crippen LogP contribution in [0, 0.1) is 6.92 Å². The molecule has 1 N–H and O–H groups in total. The van der Waals surface area contributed by atoms with Gasteiger partial charge in [0.1, 0.15) is 0 Å². The Hall–Kier alpha value is -1.04. The van der Waals surface area contributed by atoms with Gasteiger partial charge < -0.3 is 10.1 Å². The minimum Gasteiger partial charge on any atom is -0.432 e. The molecule has 0 aliphatic heterocycles. The van der Waals surface area contributed by atoms with Crippen molar-refractivity contribution in [2.75, 3.05) is 5.32 Å². The third-order valence-electron chi connectivity index (χ3n) is 2.78. The maximum atomic E-state index is 12.3. The zero-order valence-electron chi connectivity index (χ0n) is 11.3. The predicted molar refractivity (Wildman–Crippen MR) is 84.2 cm³/mol. The van der Waals surface area contributed by atoms with Crippen LogP contribution in [0.15, 0.2) is 24.3 Å². The van der Waals surface area contributed by atoms with E-state index in [0.717, 1.165) is 4.88 Å². The van der Waals surface area contributed by atoms with E-state index in [1.54, 1.807) is 11.3 Å². The van der Waals surface area contributed by atoms with Crippen LogP contribution in [0.5, 0.6) is 5.75 Å². The number of halogens is 4. The van der Waals surface area contributed by atoms with Crippen molar-refractivity contribution in [1.82, 2.24) is 0 Å². The van der Waals surface area contributed by atoms with Crippen LogP contribution < -0.4 is 10.1 Å². The molecule has 0 saturated heterocycles. The van der Waals surface area contributed by atoms with E-state index in [0.29, 0.717) is 5.69 Å². The van der Waals surface area contributed by atoms with Crippen molar-refractivity contribution in [1.29, 1.82) is 0 Å². The molecule has 0 bridgehead atoms. The standard InChI is InChI=1S/C14H13Cl2F2NOS/c1-7-3-4-12(21-7)8(2)19-9-5-10(15)13(11(16)6-9)20-14(17)18/h3-6,8,14,19H,1-2H3. The lowest BCUT2D eigenvalue weighted by Crippen LogP contribution is -2.06. The van der Waals surface area contributed by atoms with E-state index >= 15 is 0 Å². The van der Waals surface area contributed by atoms with E-state index in [-0.39, 0.29) is 21.8 Å². The Morgan fingerprint density at radius 1 is 1.19 bits per heavy atom. The van der Waals surface area contributed by atoms with E-state index < -0.39 is 6.61 Å². The zero-order valence-corrected chi connectivity index (χ0v) is 13.6.